The Balaban J connectivity index is 2.28. The zero-order chi connectivity index (χ0) is 12.7. The summed E-state index contributed by atoms with van der Waals surface area (Å²) in [4.78, 5) is 4.52. The molecule has 0 aliphatic heterocycles. The van der Waals surface area contributed by atoms with Gasteiger partial charge in [-0.05, 0) is 13.0 Å². The van der Waals surface area contributed by atoms with Crippen LogP contribution in [0.25, 0.3) is 16.9 Å². The van der Waals surface area contributed by atoms with Crippen molar-refractivity contribution in [2.45, 2.75) is 6.92 Å². The molecule has 0 spiro atoms. The molecule has 18 heavy (non-hydrogen) atoms. The SMILES string of the molecule is Cc1cc2nc(-c3ccccc3Cl)cc(Cl)n2n1. The molecule has 3 nitrogen and oxygen atoms in total. The fourth-order valence-corrected chi connectivity index (χ4v) is 2.32. The number of rotatable bonds is 1. The Bertz CT molecular complexity index is 734. The first-order chi connectivity index (χ1) is 8.65. The van der Waals surface area contributed by atoms with Crippen LogP contribution >= 0.6 is 23.2 Å². The Labute approximate surface area is 114 Å². The predicted molar refractivity (Wildman–Crippen MR) is 73.2 cm³/mol. The highest BCUT2D eigenvalue weighted by atomic mass is 35.5. The van der Waals surface area contributed by atoms with Crippen LogP contribution in [0, 0.1) is 6.92 Å². The van der Waals surface area contributed by atoms with E-state index in [2.05, 4.69) is 10.1 Å². The molecule has 3 rings (SSSR count). The van der Waals surface area contributed by atoms with Crippen molar-refractivity contribution in [3.8, 4) is 11.3 Å². The van der Waals surface area contributed by atoms with E-state index in [1.807, 2.05) is 37.3 Å². The number of halogens is 2. The molecule has 0 amide bonds. The maximum absolute atomic E-state index is 6.20. The van der Waals surface area contributed by atoms with E-state index >= 15 is 0 Å². The van der Waals surface area contributed by atoms with Gasteiger partial charge in [0.1, 0.15) is 5.15 Å². The second-order valence-corrected chi connectivity index (χ2v) is 4.79. The fraction of sp³-hybridized carbons (Fsp3) is 0.0769. The van der Waals surface area contributed by atoms with Crippen molar-refractivity contribution in [3.05, 3.63) is 52.3 Å². The van der Waals surface area contributed by atoms with Crippen molar-refractivity contribution in [1.82, 2.24) is 14.6 Å². The van der Waals surface area contributed by atoms with E-state index in [-0.39, 0.29) is 0 Å². The molecule has 90 valence electrons. The Morgan fingerprint density at radius 1 is 1.11 bits per heavy atom. The zero-order valence-electron chi connectivity index (χ0n) is 9.56. The summed E-state index contributed by atoms with van der Waals surface area (Å²) in [7, 11) is 0. The number of fused-ring (bicyclic) bond motifs is 1. The fourth-order valence-electron chi connectivity index (χ4n) is 1.86. The lowest BCUT2D eigenvalue weighted by Gasteiger charge is -2.05. The molecule has 2 heterocycles. The molecule has 0 aliphatic carbocycles. The first-order valence-electron chi connectivity index (χ1n) is 5.43. The highest BCUT2D eigenvalue weighted by Gasteiger charge is 2.10. The van der Waals surface area contributed by atoms with Gasteiger partial charge < -0.3 is 0 Å². The third-order valence-corrected chi connectivity index (χ3v) is 3.25. The Morgan fingerprint density at radius 2 is 1.89 bits per heavy atom. The molecule has 3 aromatic rings. The molecule has 1 aromatic carbocycles. The second kappa shape index (κ2) is 4.26. The van der Waals surface area contributed by atoms with Crippen LogP contribution in [0.1, 0.15) is 5.69 Å². The normalized spacial score (nSPS) is 11.1. The lowest BCUT2D eigenvalue weighted by molar-refractivity contribution is 0.919. The summed E-state index contributed by atoms with van der Waals surface area (Å²) < 4.78 is 1.61. The van der Waals surface area contributed by atoms with Gasteiger partial charge in [0.15, 0.2) is 5.65 Å². The maximum Gasteiger partial charge on any atom is 0.157 e. The molecular weight excluding hydrogens is 269 g/mol. The van der Waals surface area contributed by atoms with Crippen molar-refractivity contribution >= 4 is 28.8 Å². The highest BCUT2D eigenvalue weighted by Crippen LogP contribution is 2.28. The minimum Gasteiger partial charge on any atom is -0.228 e. The minimum atomic E-state index is 0.517. The van der Waals surface area contributed by atoms with Crippen molar-refractivity contribution < 1.29 is 0 Å². The molecular formula is C13H9Cl2N3. The predicted octanol–water partition coefficient (Wildman–Crippen LogP) is 4.01. The summed E-state index contributed by atoms with van der Waals surface area (Å²) in [6, 6.07) is 11.2. The van der Waals surface area contributed by atoms with Gasteiger partial charge in [0, 0.05) is 22.7 Å². The van der Waals surface area contributed by atoms with Crippen molar-refractivity contribution in [1.29, 1.82) is 0 Å². The lowest BCUT2D eigenvalue weighted by atomic mass is 10.1. The Kier molecular flexibility index (Phi) is 2.73. The van der Waals surface area contributed by atoms with Gasteiger partial charge in [0.25, 0.3) is 0 Å². The summed E-state index contributed by atoms with van der Waals surface area (Å²) in [5, 5.41) is 5.43. The van der Waals surface area contributed by atoms with E-state index < -0.39 is 0 Å². The van der Waals surface area contributed by atoms with E-state index in [1.54, 1.807) is 10.6 Å². The van der Waals surface area contributed by atoms with Crippen LogP contribution in [0.3, 0.4) is 0 Å². The highest BCUT2D eigenvalue weighted by molar-refractivity contribution is 6.33. The molecule has 0 atom stereocenters. The van der Waals surface area contributed by atoms with Crippen molar-refractivity contribution in [2.75, 3.05) is 0 Å². The number of aryl methyl sites for hydroxylation is 1. The average Bonchev–Trinajstić information content (AvgIpc) is 2.71. The minimum absolute atomic E-state index is 0.517. The number of nitrogens with zero attached hydrogens (tertiary/aromatic N) is 3. The van der Waals surface area contributed by atoms with Gasteiger partial charge in [-0.15, -0.1) is 0 Å². The molecule has 0 fully saturated rings. The molecule has 0 unspecified atom stereocenters. The largest absolute Gasteiger partial charge is 0.228 e. The zero-order valence-corrected chi connectivity index (χ0v) is 11.1. The number of benzene rings is 1. The van der Waals surface area contributed by atoms with Crippen LogP contribution in [0.4, 0.5) is 0 Å². The van der Waals surface area contributed by atoms with E-state index in [0.29, 0.717) is 10.2 Å². The molecule has 0 radical (unpaired) electrons. The first kappa shape index (κ1) is 11.5. The molecule has 0 N–H and O–H groups in total. The summed E-state index contributed by atoms with van der Waals surface area (Å²) >= 11 is 12.4. The monoisotopic (exact) mass is 277 g/mol. The maximum atomic E-state index is 6.20. The topological polar surface area (TPSA) is 30.2 Å². The van der Waals surface area contributed by atoms with Crippen LogP contribution in [-0.2, 0) is 0 Å². The standard InChI is InChI=1S/C13H9Cl2N3/c1-8-6-13-16-11(7-12(15)18(13)17-8)9-4-2-3-5-10(9)14/h2-7H,1H3. The van der Waals surface area contributed by atoms with Gasteiger partial charge in [-0.2, -0.15) is 5.10 Å². The van der Waals surface area contributed by atoms with Gasteiger partial charge in [-0.1, -0.05) is 41.4 Å². The van der Waals surface area contributed by atoms with E-state index in [4.69, 9.17) is 23.2 Å². The van der Waals surface area contributed by atoms with Gasteiger partial charge >= 0.3 is 0 Å². The lowest BCUT2D eigenvalue weighted by Crippen LogP contribution is -1.94. The van der Waals surface area contributed by atoms with Gasteiger partial charge in [-0.3, -0.25) is 0 Å². The van der Waals surface area contributed by atoms with Crippen molar-refractivity contribution in [3.63, 3.8) is 0 Å². The molecule has 0 saturated carbocycles. The Hall–Kier alpha value is -1.58. The van der Waals surface area contributed by atoms with E-state index in [0.717, 1.165) is 22.6 Å². The average molecular weight is 278 g/mol. The summed E-state index contributed by atoms with van der Waals surface area (Å²) in [5.74, 6) is 0. The third-order valence-electron chi connectivity index (χ3n) is 2.66. The molecule has 0 bridgehead atoms. The molecule has 0 saturated heterocycles. The van der Waals surface area contributed by atoms with Crippen LogP contribution in [0.5, 0.6) is 0 Å². The summed E-state index contributed by atoms with van der Waals surface area (Å²) in [6.07, 6.45) is 0. The molecule has 5 heteroatoms. The molecule has 0 aliphatic rings. The summed E-state index contributed by atoms with van der Waals surface area (Å²) in [6.45, 7) is 1.90. The number of hydrogen-bond donors (Lipinski definition) is 0. The Morgan fingerprint density at radius 3 is 2.67 bits per heavy atom. The van der Waals surface area contributed by atoms with Crippen LogP contribution < -0.4 is 0 Å². The smallest absolute Gasteiger partial charge is 0.157 e. The summed E-state index contributed by atoms with van der Waals surface area (Å²) in [5.41, 5.74) is 3.20. The van der Waals surface area contributed by atoms with Crippen molar-refractivity contribution in [2.24, 2.45) is 0 Å². The van der Waals surface area contributed by atoms with E-state index in [1.165, 1.54) is 0 Å². The number of aromatic nitrogens is 3. The van der Waals surface area contributed by atoms with Gasteiger partial charge in [0.05, 0.1) is 11.4 Å². The molecule has 2 aromatic heterocycles. The third kappa shape index (κ3) is 1.85. The quantitative estimate of drug-likeness (QED) is 0.629. The van der Waals surface area contributed by atoms with Gasteiger partial charge in [-0.25, -0.2) is 9.50 Å². The van der Waals surface area contributed by atoms with Crippen LogP contribution in [-0.4, -0.2) is 14.6 Å². The number of hydrogen-bond acceptors (Lipinski definition) is 2. The van der Waals surface area contributed by atoms with E-state index in [9.17, 15) is 0 Å². The first-order valence-corrected chi connectivity index (χ1v) is 6.18. The van der Waals surface area contributed by atoms with Crippen LogP contribution in [0.15, 0.2) is 36.4 Å². The van der Waals surface area contributed by atoms with Gasteiger partial charge in [0.2, 0.25) is 0 Å². The second-order valence-electron chi connectivity index (χ2n) is 4.00. The van der Waals surface area contributed by atoms with Crippen LogP contribution in [0.2, 0.25) is 10.2 Å².